The van der Waals surface area contributed by atoms with Crippen LogP contribution in [0.1, 0.15) is 10.4 Å². The molecule has 0 aliphatic carbocycles. The molecule has 0 unspecified atom stereocenters. The Hall–Kier alpha value is -1.12. The van der Waals surface area contributed by atoms with Gasteiger partial charge in [-0.15, -0.1) is 0 Å². The molecule has 2 N–H and O–H groups in total. The van der Waals surface area contributed by atoms with Crippen LogP contribution >= 0.6 is 15.9 Å². The van der Waals surface area contributed by atoms with Crippen molar-refractivity contribution >= 4 is 37.5 Å². The van der Waals surface area contributed by atoms with Crippen LogP contribution < -0.4 is 5.73 Å². The molecule has 1 aliphatic heterocycles. The van der Waals surface area contributed by atoms with Crippen molar-refractivity contribution < 1.29 is 13.2 Å². The highest BCUT2D eigenvalue weighted by molar-refractivity contribution is 9.10. The van der Waals surface area contributed by atoms with Gasteiger partial charge >= 0.3 is 0 Å². The third-order valence-corrected chi connectivity index (χ3v) is 5.04. The third kappa shape index (κ3) is 3.31. The number of rotatable bonds is 2. The Balaban J connectivity index is 2.09. The Morgan fingerprint density at radius 1 is 1.25 bits per heavy atom. The lowest BCUT2D eigenvalue weighted by atomic mass is 10.1. The average Bonchev–Trinajstić information content (AvgIpc) is 2.37. The molecule has 1 aromatic rings. The van der Waals surface area contributed by atoms with Gasteiger partial charge in [0.15, 0.2) is 0 Å². The number of carbonyl (C=O) groups excluding carboxylic acids is 1. The van der Waals surface area contributed by atoms with Crippen LogP contribution in [0.3, 0.4) is 0 Å². The summed E-state index contributed by atoms with van der Waals surface area (Å²) in [6.45, 7) is 1.39. The van der Waals surface area contributed by atoms with Gasteiger partial charge in [-0.05, 0) is 18.2 Å². The molecule has 1 aromatic carbocycles. The second kappa shape index (κ2) is 5.71. The first-order valence-electron chi connectivity index (χ1n) is 6.08. The molecule has 0 saturated carbocycles. The van der Waals surface area contributed by atoms with E-state index < -0.39 is 10.0 Å². The summed E-state index contributed by atoms with van der Waals surface area (Å²) in [5.41, 5.74) is 6.70. The van der Waals surface area contributed by atoms with Gasteiger partial charge in [-0.25, -0.2) is 8.42 Å². The minimum atomic E-state index is -3.19. The van der Waals surface area contributed by atoms with Gasteiger partial charge in [0.05, 0.1) is 11.8 Å². The number of piperazine rings is 1. The van der Waals surface area contributed by atoms with Crippen LogP contribution in [0.15, 0.2) is 22.7 Å². The molecular weight excluding hydrogens is 346 g/mol. The zero-order chi connectivity index (χ0) is 14.9. The zero-order valence-corrected chi connectivity index (χ0v) is 13.4. The fourth-order valence-corrected chi connectivity index (χ4v) is 3.33. The van der Waals surface area contributed by atoms with E-state index >= 15 is 0 Å². The molecule has 0 aromatic heterocycles. The molecule has 1 heterocycles. The fourth-order valence-electron chi connectivity index (χ4n) is 2.12. The first kappa shape index (κ1) is 15.3. The van der Waals surface area contributed by atoms with E-state index in [1.807, 2.05) is 0 Å². The predicted octanol–water partition coefficient (Wildman–Crippen LogP) is 0.749. The number of sulfonamides is 1. The average molecular weight is 362 g/mol. The lowest BCUT2D eigenvalue weighted by Crippen LogP contribution is -2.50. The Morgan fingerprint density at radius 2 is 1.85 bits per heavy atom. The van der Waals surface area contributed by atoms with Gasteiger partial charge in [-0.1, -0.05) is 15.9 Å². The van der Waals surface area contributed by atoms with Crippen molar-refractivity contribution in [2.45, 2.75) is 0 Å². The van der Waals surface area contributed by atoms with Crippen LogP contribution in [0.2, 0.25) is 0 Å². The van der Waals surface area contributed by atoms with Gasteiger partial charge in [-0.2, -0.15) is 4.31 Å². The van der Waals surface area contributed by atoms with E-state index in [4.69, 9.17) is 5.73 Å². The summed E-state index contributed by atoms with van der Waals surface area (Å²) in [6.07, 6.45) is 1.18. The van der Waals surface area contributed by atoms with E-state index in [0.29, 0.717) is 37.4 Å². The molecule has 8 heteroatoms. The minimum absolute atomic E-state index is 0.164. The molecule has 110 valence electrons. The number of amides is 1. The minimum Gasteiger partial charge on any atom is -0.398 e. The Labute approximate surface area is 126 Å². The second-order valence-corrected chi connectivity index (χ2v) is 7.58. The number of halogens is 1. The standard InChI is InChI=1S/C12H16BrN3O3S/c1-20(18,19)16-6-4-15(5-7-16)12(17)10-3-2-9(13)8-11(10)14/h2-3,8H,4-7,14H2,1H3. The first-order valence-corrected chi connectivity index (χ1v) is 8.72. The van der Waals surface area contributed by atoms with Gasteiger partial charge in [0.25, 0.3) is 5.91 Å². The summed E-state index contributed by atoms with van der Waals surface area (Å²) < 4.78 is 25.0. The van der Waals surface area contributed by atoms with Crippen LogP contribution in [0.4, 0.5) is 5.69 Å². The molecule has 1 fully saturated rings. The number of nitrogens with zero attached hydrogens (tertiary/aromatic N) is 2. The molecule has 0 bridgehead atoms. The Bertz CT molecular complexity index is 625. The highest BCUT2D eigenvalue weighted by Gasteiger charge is 2.27. The number of hydrogen-bond donors (Lipinski definition) is 1. The summed E-state index contributed by atoms with van der Waals surface area (Å²) in [5.74, 6) is -0.164. The summed E-state index contributed by atoms with van der Waals surface area (Å²) >= 11 is 3.29. The lowest BCUT2D eigenvalue weighted by Gasteiger charge is -2.33. The maximum absolute atomic E-state index is 12.4. The number of anilines is 1. The van der Waals surface area contributed by atoms with Crippen molar-refractivity contribution in [1.82, 2.24) is 9.21 Å². The summed E-state index contributed by atoms with van der Waals surface area (Å²) in [6, 6.07) is 5.11. The lowest BCUT2D eigenvalue weighted by molar-refractivity contribution is 0.0699. The smallest absolute Gasteiger partial charge is 0.256 e. The summed E-state index contributed by atoms with van der Waals surface area (Å²) in [5, 5.41) is 0. The predicted molar refractivity (Wildman–Crippen MR) is 80.9 cm³/mol. The Morgan fingerprint density at radius 3 is 2.35 bits per heavy atom. The molecule has 0 atom stereocenters. The van der Waals surface area contributed by atoms with Crippen LogP contribution in [-0.2, 0) is 10.0 Å². The van der Waals surface area contributed by atoms with Crippen molar-refractivity contribution in [1.29, 1.82) is 0 Å². The highest BCUT2D eigenvalue weighted by atomic mass is 79.9. The second-order valence-electron chi connectivity index (χ2n) is 4.69. The molecule has 6 nitrogen and oxygen atoms in total. The maximum atomic E-state index is 12.4. The number of benzene rings is 1. The maximum Gasteiger partial charge on any atom is 0.256 e. The monoisotopic (exact) mass is 361 g/mol. The van der Waals surface area contributed by atoms with Gasteiger partial charge in [0.2, 0.25) is 10.0 Å². The largest absolute Gasteiger partial charge is 0.398 e. The number of nitrogens with two attached hydrogens (primary N) is 1. The molecule has 20 heavy (non-hydrogen) atoms. The van der Waals surface area contributed by atoms with Gasteiger partial charge in [0.1, 0.15) is 0 Å². The summed E-state index contributed by atoms with van der Waals surface area (Å²) in [7, 11) is -3.19. The van der Waals surface area contributed by atoms with Crippen LogP contribution in [0, 0.1) is 0 Å². The third-order valence-electron chi connectivity index (χ3n) is 3.24. The van der Waals surface area contributed by atoms with Gasteiger partial charge in [0, 0.05) is 36.3 Å². The topological polar surface area (TPSA) is 83.7 Å². The zero-order valence-electron chi connectivity index (χ0n) is 11.0. The molecule has 1 aliphatic rings. The molecule has 0 spiro atoms. The van der Waals surface area contributed by atoms with Crippen molar-refractivity contribution in [2.75, 3.05) is 38.2 Å². The fraction of sp³-hybridized carbons (Fsp3) is 0.417. The van der Waals surface area contributed by atoms with Gasteiger partial charge < -0.3 is 10.6 Å². The Kier molecular flexibility index (Phi) is 4.36. The summed E-state index contributed by atoms with van der Waals surface area (Å²) in [4.78, 5) is 14.0. The highest BCUT2D eigenvalue weighted by Crippen LogP contribution is 2.20. The normalized spacial score (nSPS) is 17.2. The van der Waals surface area contributed by atoms with Crippen molar-refractivity contribution in [3.05, 3.63) is 28.2 Å². The van der Waals surface area contributed by atoms with E-state index in [2.05, 4.69) is 15.9 Å². The van der Waals surface area contributed by atoms with E-state index in [0.717, 1.165) is 4.47 Å². The number of hydrogen-bond acceptors (Lipinski definition) is 4. The van der Waals surface area contributed by atoms with Gasteiger partial charge in [-0.3, -0.25) is 4.79 Å². The molecule has 2 rings (SSSR count). The molecular formula is C12H16BrN3O3S. The molecule has 0 radical (unpaired) electrons. The van der Waals surface area contributed by atoms with Crippen molar-refractivity contribution in [3.63, 3.8) is 0 Å². The van der Waals surface area contributed by atoms with Crippen LogP contribution in [0.25, 0.3) is 0 Å². The van der Waals surface area contributed by atoms with E-state index in [-0.39, 0.29) is 5.91 Å². The molecule has 1 saturated heterocycles. The number of nitrogen functional groups attached to an aromatic ring is 1. The van der Waals surface area contributed by atoms with E-state index in [9.17, 15) is 13.2 Å². The van der Waals surface area contributed by atoms with Crippen LogP contribution in [0.5, 0.6) is 0 Å². The molecule has 1 amide bonds. The van der Waals surface area contributed by atoms with Crippen molar-refractivity contribution in [2.24, 2.45) is 0 Å². The van der Waals surface area contributed by atoms with E-state index in [1.54, 1.807) is 23.1 Å². The van der Waals surface area contributed by atoms with Crippen molar-refractivity contribution in [3.8, 4) is 0 Å². The SMILES string of the molecule is CS(=O)(=O)N1CCN(C(=O)c2ccc(Br)cc2N)CC1. The first-order chi connectivity index (χ1) is 9.29. The quantitative estimate of drug-likeness (QED) is 0.787. The van der Waals surface area contributed by atoms with E-state index in [1.165, 1.54) is 10.6 Å². The number of carbonyl (C=O) groups is 1. The van der Waals surface area contributed by atoms with Crippen LogP contribution in [-0.4, -0.2) is 56.0 Å².